The Balaban J connectivity index is 2.21. The Morgan fingerprint density at radius 1 is 1.40 bits per heavy atom. The Bertz CT molecular complexity index is 582. The fraction of sp³-hybridized carbons (Fsp3) is 0.333. The quantitative estimate of drug-likeness (QED) is 0.792. The fourth-order valence-electron chi connectivity index (χ4n) is 1.96. The van der Waals surface area contributed by atoms with Gasteiger partial charge in [-0.15, -0.1) is 0 Å². The molecule has 106 valence electrons. The molecule has 20 heavy (non-hydrogen) atoms. The van der Waals surface area contributed by atoms with Crippen LogP contribution in [-0.4, -0.2) is 22.3 Å². The van der Waals surface area contributed by atoms with Gasteiger partial charge < -0.3 is 9.32 Å². The van der Waals surface area contributed by atoms with Gasteiger partial charge in [0, 0.05) is 17.8 Å². The third-order valence-electron chi connectivity index (χ3n) is 3.05. The van der Waals surface area contributed by atoms with Crippen LogP contribution >= 0.6 is 11.6 Å². The standard InChI is InChI=1S/C15H17ClN2O2/c1-3-12-8-11(9-14(16)17-12)15(19)18(4-2)10-13-6-5-7-20-13/h5-9H,3-4,10H2,1-2H3. The SMILES string of the molecule is CCc1cc(C(=O)N(CC)Cc2ccco2)cc(Cl)n1. The molecule has 0 N–H and O–H groups in total. The molecule has 0 radical (unpaired) electrons. The Kier molecular flexibility index (Phi) is 4.79. The fourth-order valence-corrected chi connectivity index (χ4v) is 2.18. The first-order chi connectivity index (χ1) is 9.63. The van der Waals surface area contributed by atoms with Gasteiger partial charge in [0.05, 0.1) is 12.8 Å². The summed E-state index contributed by atoms with van der Waals surface area (Å²) < 4.78 is 5.29. The summed E-state index contributed by atoms with van der Waals surface area (Å²) in [5, 5.41) is 0.349. The van der Waals surface area contributed by atoms with Crippen LogP contribution in [0, 0.1) is 0 Å². The van der Waals surface area contributed by atoms with Gasteiger partial charge in [-0.3, -0.25) is 4.79 Å². The molecule has 0 atom stereocenters. The molecular weight excluding hydrogens is 276 g/mol. The Morgan fingerprint density at radius 2 is 2.20 bits per heavy atom. The van der Waals surface area contributed by atoms with Crippen LogP contribution < -0.4 is 0 Å². The molecule has 0 spiro atoms. The van der Waals surface area contributed by atoms with Gasteiger partial charge in [-0.2, -0.15) is 0 Å². The lowest BCUT2D eigenvalue weighted by molar-refractivity contribution is 0.0741. The van der Waals surface area contributed by atoms with Crippen LogP contribution in [-0.2, 0) is 13.0 Å². The molecule has 0 aliphatic carbocycles. The molecule has 0 fully saturated rings. The number of rotatable bonds is 5. The summed E-state index contributed by atoms with van der Waals surface area (Å²) in [7, 11) is 0. The second-order valence-electron chi connectivity index (χ2n) is 4.42. The van der Waals surface area contributed by atoms with Crippen LogP contribution in [0.5, 0.6) is 0 Å². The van der Waals surface area contributed by atoms with E-state index in [-0.39, 0.29) is 5.91 Å². The van der Waals surface area contributed by atoms with E-state index in [1.54, 1.807) is 23.3 Å². The van der Waals surface area contributed by atoms with Crippen molar-refractivity contribution in [2.24, 2.45) is 0 Å². The highest BCUT2D eigenvalue weighted by Crippen LogP contribution is 2.15. The highest BCUT2D eigenvalue weighted by Gasteiger charge is 2.17. The second kappa shape index (κ2) is 6.57. The lowest BCUT2D eigenvalue weighted by Gasteiger charge is -2.20. The van der Waals surface area contributed by atoms with Crippen molar-refractivity contribution < 1.29 is 9.21 Å². The Morgan fingerprint density at radius 3 is 2.80 bits per heavy atom. The topological polar surface area (TPSA) is 46.3 Å². The second-order valence-corrected chi connectivity index (χ2v) is 4.81. The van der Waals surface area contributed by atoms with Crippen molar-refractivity contribution >= 4 is 17.5 Å². The zero-order valence-corrected chi connectivity index (χ0v) is 12.4. The minimum atomic E-state index is -0.0668. The van der Waals surface area contributed by atoms with Gasteiger partial charge in [0.1, 0.15) is 10.9 Å². The summed E-state index contributed by atoms with van der Waals surface area (Å²) in [5.41, 5.74) is 1.38. The first kappa shape index (κ1) is 14.6. The van der Waals surface area contributed by atoms with E-state index in [0.717, 1.165) is 17.9 Å². The number of pyridine rings is 1. The number of carbonyl (C=O) groups excluding carboxylic acids is 1. The zero-order valence-electron chi connectivity index (χ0n) is 11.6. The van der Waals surface area contributed by atoms with Gasteiger partial charge >= 0.3 is 0 Å². The van der Waals surface area contributed by atoms with Crippen molar-refractivity contribution in [3.05, 3.63) is 52.7 Å². The van der Waals surface area contributed by atoms with Crippen molar-refractivity contribution in [1.82, 2.24) is 9.88 Å². The van der Waals surface area contributed by atoms with E-state index in [9.17, 15) is 4.79 Å². The number of hydrogen-bond donors (Lipinski definition) is 0. The Labute approximate surface area is 123 Å². The number of halogens is 1. The molecule has 4 nitrogen and oxygen atoms in total. The largest absolute Gasteiger partial charge is 0.467 e. The molecule has 0 unspecified atom stereocenters. The third kappa shape index (κ3) is 3.39. The van der Waals surface area contributed by atoms with Crippen molar-refractivity contribution in [2.45, 2.75) is 26.8 Å². The summed E-state index contributed by atoms with van der Waals surface area (Å²) in [6.07, 6.45) is 2.34. The van der Waals surface area contributed by atoms with Crippen LogP contribution in [0.4, 0.5) is 0 Å². The third-order valence-corrected chi connectivity index (χ3v) is 3.25. The molecule has 0 saturated heterocycles. The molecule has 2 rings (SSSR count). The maximum atomic E-state index is 12.5. The first-order valence-electron chi connectivity index (χ1n) is 6.62. The van der Waals surface area contributed by atoms with E-state index in [2.05, 4.69) is 4.98 Å². The minimum absolute atomic E-state index is 0.0668. The molecule has 0 aliphatic heterocycles. The average molecular weight is 293 g/mol. The molecule has 1 amide bonds. The van der Waals surface area contributed by atoms with Gasteiger partial charge in [0.25, 0.3) is 5.91 Å². The number of carbonyl (C=O) groups is 1. The molecular formula is C15H17ClN2O2. The zero-order chi connectivity index (χ0) is 14.5. The van der Waals surface area contributed by atoms with Crippen molar-refractivity contribution in [1.29, 1.82) is 0 Å². The lowest BCUT2D eigenvalue weighted by Crippen LogP contribution is -2.30. The molecule has 5 heteroatoms. The molecule has 0 aliphatic rings. The van der Waals surface area contributed by atoms with E-state index in [0.29, 0.717) is 23.8 Å². The summed E-state index contributed by atoms with van der Waals surface area (Å²) in [4.78, 5) is 18.4. The summed E-state index contributed by atoms with van der Waals surface area (Å²) in [5.74, 6) is 0.693. The average Bonchev–Trinajstić information content (AvgIpc) is 2.96. The van der Waals surface area contributed by atoms with Crippen LogP contribution in [0.15, 0.2) is 34.9 Å². The lowest BCUT2D eigenvalue weighted by atomic mass is 10.1. The normalized spacial score (nSPS) is 10.6. The molecule has 0 bridgehead atoms. The van der Waals surface area contributed by atoms with Gasteiger partial charge in [-0.1, -0.05) is 18.5 Å². The molecule has 0 saturated carbocycles. The molecule has 2 heterocycles. The van der Waals surface area contributed by atoms with Crippen LogP contribution in [0.25, 0.3) is 0 Å². The predicted molar refractivity (Wildman–Crippen MR) is 77.7 cm³/mol. The van der Waals surface area contributed by atoms with E-state index >= 15 is 0 Å². The van der Waals surface area contributed by atoms with Gasteiger partial charge in [-0.05, 0) is 37.6 Å². The smallest absolute Gasteiger partial charge is 0.254 e. The minimum Gasteiger partial charge on any atom is -0.467 e. The van der Waals surface area contributed by atoms with Crippen LogP contribution in [0.3, 0.4) is 0 Å². The van der Waals surface area contributed by atoms with Crippen LogP contribution in [0.1, 0.15) is 35.7 Å². The summed E-state index contributed by atoms with van der Waals surface area (Å²) >= 11 is 5.96. The van der Waals surface area contributed by atoms with Crippen molar-refractivity contribution in [3.8, 4) is 0 Å². The maximum absolute atomic E-state index is 12.5. The number of furan rings is 1. The number of nitrogens with zero attached hydrogens (tertiary/aromatic N) is 2. The Hall–Kier alpha value is -1.81. The van der Waals surface area contributed by atoms with E-state index in [1.165, 1.54) is 0 Å². The number of aromatic nitrogens is 1. The van der Waals surface area contributed by atoms with Crippen molar-refractivity contribution in [3.63, 3.8) is 0 Å². The van der Waals surface area contributed by atoms with Gasteiger partial charge in [-0.25, -0.2) is 4.98 Å². The van der Waals surface area contributed by atoms with Gasteiger partial charge in [0.2, 0.25) is 0 Å². The van der Waals surface area contributed by atoms with E-state index in [4.69, 9.17) is 16.0 Å². The number of amides is 1. The monoisotopic (exact) mass is 292 g/mol. The molecule has 0 aromatic carbocycles. The maximum Gasteiger partial charge on any atom is 0.254 e. The highest BCUT2D eigenvalue weighted by molar-refractivity contribution is 6.29. The number of aryl methyl sites for hydroxylation is 1. The van der Waals surface area contributed by atoms with E-state index < -0.39 is 0 Å². The summed E-state index contributed by atoms with van der Waals surface area (Å²) in [6.45, 7) is 4.96. The van der Waals surface area contributed by atoms with Crippen LogP contribution in [0.2, 0.25) is 5.15 Å². The predicted octanol–water partition coefficient (Wildman–Crippen LogP) is 3.55. The first-order valence-corrected chi connectivity index (χ1v) is 7.00. The van der Waals surface area contributed by atoms with Crippen molar-refractivity contribution in [2.75, 3.05) is 6.54 Å². The molecule has 2 aromatic rings. The summed E-state index contributed by atoms with van der Waals surface area (Å²) in [6, 6.07) is 7.06. The van der Waals surface area contributed by atoms with Gasteiger partial charge in [0.15, 0.2) is 0 Å². The van der Waals surface area contributed by atoms with E-state index in [1.807, 2.05) is 26.0 Å². The molecule has 2 aromatic heterocycles. The highest BCUT2D eigenvalue weighted by atomic mass is 35.5. The number of hydrogen-bond acceptors (Lipinski definition) is 3.